The van der Waals surface area contributed by atoms with Crippen molar-refractivity contribution < 1.29 is 9.84 Å². The number of aliphatic hydroxyl groups is 1. The van der Waals surface area contributed by atoms with Gasteiger partial charge in [-0.3, -0.25) is 0 Å². The van der Waals surface area contributed by atoms with E-state index in [0.29, 0.717) is 12.5 Å². The van der Waals surface area contributed by atoms with Gasteiger partial charge in [0.2, 0.25) is 0 Å². The van der Waals surface area contributed by atoms with Crippen LogP contribution in [0.2, 0.25) is 0 Å². The lowest BCUT2D eigenvalue weighted by molar-refractivity contribution is -0.0767. The summed E-state index contributed by atoms with van der Waals surface area (Å²) in [7, 11) is 0. The Bertz CT molecular complexity index is 266. The van der Waals surface area contributed by atoms with E-state index in [1.54, 1.807) is 0 Å². The van der Waals surface area contributed by atoms with Crippen LogP contribution in [0.3, 0.4) is 0 Å². The predicted octanol–water partition coefficient (Wildman–Crippen LogP) is 2.57. The maximum atomic E-state index is 10.8. The normalized spacial score (nSPS) is 35.5. The molecule has 1 aliphatic carbocycles. The first-order chi connectivity index (χ1) is 9.09. The molecule has 1 unspecified atom stereocenters. The van der Waals surface area contributed by atoms with Crippen LogP contribution in [0.5, 0.6) is 0 Å². The van der Waals surface area contributed by atoms with Gasteiger partial charge in [0.05, 0.1) is 6.10 Å². The molecule has 0 spiro atoms. The van der Waals surface area contributed by atoms with Gasteiger partial charge in [-0.1, -0.05) is 13.8 Å². The Balaban J connectivity index is 1.98. The van der Waals surface area contributed by atoms with Crippen LogP contribution < -0.4 is 5.73 Å². The quantitative estimate of drug-likeness (QED) is 0.824. The smallest absolute Gasteiger partial charge is 0.0638 e. The fourth-order valence-electron chi connectivity index (χ4n) is 4.03. The highest BCUT2D eigenvalue weighted by Gasteiger charge is 2.43. The molecule has 0 aromatic heterocycles. The number of hydrogen-bond donors (Lipinski definition) is 2. The third kappa shape index (κ3) is 3.32. The molecule has 3 heteroatoms. The van der Waals surface area contributed by atoms with Gasteiger partial charge in [0.25, 0.3) is 0 Å². The van der Waals surface area contributed by atoms with E-state index >= 15 is 0 Å². The maximum absolute atomic E-state index is 10.8. The fourth-order valence-corrected chi connectivity index (χ4v) is 4.03. The fraction of sp³-hybridized carbons (Fsp3) is 1.00. The molecule has 0 radical (unpaired) electrons. The Labute approximate surface area is 117 Å². The van der Waals surface area contributed by atoms with Crippen LogP contribution in [0.15, 0.2) is 0 Å². The molecule has 0 aromatic rings. The minimum absolute atomic E-state index is 0.0204. The minimum Gasteiger partial charge on any atom is -0.392 e. The highest BCUT2D eigenvalue weighted by Crippen LogP contribution is 2.46. The summed E-state index contributed by atoms with van der Waals surface area (Å²) in [5.41, 5.74) is 6.06. The highest BCUT2D eigenvalue weighted by atomic mass is 16.5. The van der Waals surface area contributed by atoms with Crippen molar-refractivity contribution in [2.75, 3.05) is 19.8 Å². The number of ether oxygens (including phenoxy) is 1. The van der Waals surface area contributed by atoms with Gasteiger partial charge in [0.15, 0.2) is 0 Å². The molecule has 2 rings (SSSR count). The second kappa shape index (κ2) is 6.55. The molecule has 3 N–H and O–H groups in total. The molecule has 1 heterocycles. The molecule has 1 atom stereocenters. The van der Waals surface area contributed by atoms with E-state index in [2.05, 4.69) is 13.8 Å². The van der Waals surface area contributed by atoms with Crippen molar-refractivity contribution in [3.63, 3.8) is 0 Å². The second-order valence-electron chi connectivity index (χ2n) is 7.04. The van der Waals surface area contributed by atoms with E-state index in [4.69, 9.17) is 10.5 Å². The second-order valence-corrected chi connectivity index (χ2v) is 7.04. The molecule has 2 fully saturated rings. The standard InChI is InChI=1S/C16H31NO2/c1-12(2)13-3-7-16(11-17,8-4-13)15(18)14-5-9-19-10-6-14/h12-15,18H,3-11,17H2,1-2H3. The lowest BCUT2D eigenvalue weighted by Crippen LogP contribution is -2.49. The summed E-state index contributed by atoms with van der Waals surface area (Å²) in [4.78, 5) is 0. The van der Waals surface area contributed by atoms with E-state index in [1.165, 1.54) is 12.8 Å². The first kappa shape index (κ1) is 15.3. The molecule has 2 aliphatic rings. The van der Waals surface area contributed by atoms with Gasteiger partial charge in [-0.15, -0.1) is 0 Å². The monoisotopic (exact) mass is 269 g/mol. The van der Waals surface area contributed by atoms with Crippen molar-refractivity contribution in [3.05, 3.63) is 0 Å². The van der Waals surface area contributed by atoms with Gasteiger partial charge >= 0.3 is 0 Å². The Hall–Kier alpha value is -0.120. The summed E-state index contributed by atoms with van der Waals surface area (Å²) in [5, 5.41) is 10.8. The summed E-state index contributed by atoms with van der Waals surface area (Å²) in [5.74, 6) is 1.98. The Morgan fingerprint density at radius 2 is 1.68 bits per heavy atom. The van der Waals surface area contributed by atoms with Gasteiger partial charge < -0.3 is 15.6 Å². The SMILES string of the molecule is CC(C)C1CCC(CN)(C(O)C2CCOCC2)CC1. The average Bonchev–Trinajstić information content (AvgIpc) is 2.47. The summed E-state index contributed by atoms with van der Waals surface area (Å²) in [6.45, 7) is 6.87. The zero-order valence-corrected chi connectivity index (χ0v) is 12.6. The van der Waals surface area contributed by atoms with Crippen molar-refractivity contribution in [3.8, 4) is 0 Å². The van der Waals surface area contributed by atoms with E-state index in [1.807, 2.05) is 0 Å². The van der Waals surface area contributed by atoms with Crippen LogP contribution in [-0.4, -0.2) is 31.0 Å². The van der Waals surface area contributed by atoms with Crippen LogP contribution in [-0.2, 0) is 4.74 Å². The molecule has 112 valence electrons. The van der Waals surface area contributed by atoms with Gasteiger partial charge in [0, 0.05) is 25.2 Å². The Morgan fingerprint density at radius 1 is 1.11 bits per heavy atom. The van der Waals surface area contributed by atoms with Crippen LogP contribution >= 0.6 is 0 Å². The lowest BCUT2D eigenvalue weighted by Gasteiger charge is -2.46. The topological polar surface area (TPSA) is 55.5 Å². The number of nitrogens with two attached hydrogens (primary N) is 1. The third-order valence-electron chi connectivity index (χ3n) is 5.72. The van der Waals surface area contributed by atoms with Crippen molar-refractivity contribution in [2.45, 2.75) is 58.5 Å². The van der Waals surface area contributed by atoms with E-state index < -0.39 is 0 Å². The Kier molecular flexibility index (Phi) is 5.27. The van der Waals surface area contributed by atoms with Crippen LogP contribution in [0.4, 0.5) is 0 Å². The molecule has 0 amide bonds. The van der Waals surface area contributed by atoms with Crippen molar-refractivity contribution in [1.29, 1.82) is 0 Å². The first-order valence-electron chi connectivity index (χ1n) is 8.05. The minimum atomic E-state index is -0.227. The Morgan fingerprint density at radius 3 is 2.16 bits per heavy atom. The van der Waals surface area contributed by atoms with Gasteiger partial charge in [-0.05, 0) is 56.3 Å². The highest BCUT2D eigenvalue weighted by molar-refractivity contribution is 4.95. The number of aliphatic hydroxyl groups excluding tert-OH is 1. The lowest BCUT2D eigenvalue weighted by atomic mass is 9.62. The van der Waals surface area contributed by atoms with Crippen molar-refractivity contribution in [1.82, 2.24) is 0 Å². The first-order valence-corrected chi connectivity index (χ1v) is 8.05. The molecular formula is C16H31NO2. The molecule has 1 aliphatic heterocycles. The van der Waals surface area contributed by atoms with Crippen LogP contribution in [0.1, 0.15) is 52.4 Å². The molecule has 3 nitrogen and oxygen atoms in total. The molecule has 1 saturated carbocycles. The zero-order chi connectivity index (χ0) is 13.9. The predicted molar refractivity (Wildman–Crippen MR) is 77.8 cm³/mol. The zero-order valence-electron chi connectivity index (χ0n) is 12.6. The summed E-state index contributed by atoms with van der Waals surface area (Å²) < 4.78 is 5.41. The van der Waals surface area contributed by atoms with Crippen LogP contribution in [0, 0.1) is 23.2 Å². The van der Waals surface area contributed by atoms with Crippen molar-refractivity contribution >= 4 is 0 Å². The molecule has 0 aromatic carbocycles. The van der Waals surface area contributed by atoms with Crippen molar-refractivity contribution in [2.24, 2.45) is 28.9 Å². The number of hydrogen-bond acceptors (Lipinski definition) is 3. The number of rotatable bonds is 4. The van der Waals surface area contributed by atoms with Gasteiger partial charge in [-0.25, -0.2) is 0 Å². The van der Waals surface area contributed by atoms with E-state index in [-0.39, 0.29) is 11.5 Å². The largest absolute Gasteiger partial charge is 0.392 e. The molecule has 1 saturated heterocycles. The summed E-state index contributed by atoms with van der Waals surface area (Å²) in [6, 6.07) is 0. The van der Waals surface area contributed by atoms with Crippen LogP contribution in [0.25, 0.3) is 0 Å². The van der Waals surface area contributed by atoms with Gasteiger partial charge in [0.1, 0.15) is 0 Å². The average molecular weight is 269 g/mol. The molecular weight excluding hydrogens is 238 g/mol. The summed E-state index contributed by atoms with van der Waals surface area (Å²) >= 11 is 0. The summed E-state index contributed by atoms with van der Waals surface area (Å²) in [6.07, 6.45) is 6.43. The van der Waals surface area contributed by atoms with E-state index in [0.717, 1.165) is 50.7 Å². The van der Waals surface area contributed by atoms with Gasteiger partial charge in [-0.2, -0.15) is 0 Å². The van der Waals surface area contributed by atoms with E-state index in [9.17, 15) is 5.11 Å². The maximum Gasteiger partial charge on any atom is 0.0638 e. The molecule has 19 heavy (non-hydrogen) atoms. The third-order valence-corrected chi connectivity index (χ3v) is 5.72. The molecule has 0 bridgehead atoms.